The van der Waals surface area contributed by atoms with Gasteiger partial charge in [-0.15, -0.1) is 0 Å². The van der Waals surface area contributed by atoms with Crippen molar-refractivity contribution in [3.05, 3.63) is 106 Å². The standard InChI is InChI=1S/C29H22ClNO4/c1-2-35-28(34)25-24(18-9-7-10-19(30)16-18)29(26(32)20-11-4-5-12-21(20)27(29)33)23-15-14-17-8-3-6-13-22(17)31(23)25/h3-16,23-25H,2H2,1H3/t23-,24-,25+/m0/s1. The molecule has 3 aromatic carbocycles. The number of hydrogen-bond donors (Lipinski definition) is 0. The van der Waals surface area contributed by atoms with E-state index in [2.05, 4.69) is 0 Å². The van der Waals surface area contributed by atoms with Gasteiger partial charge in [0, 0.05) is 27.8 Å². The molecule has 0 amide bonds. The van der Waals surface area contributed by atoms with E-state index in [-0.39, 0.29) is 18.2 Å². The zero-order valence-corrected chi connectivity index (χ0v) is 19.7. The van der Waals surface area contributed by atoms with Gasteiger partial charge in [0.1, 0.15) is 11.5 Å². The molecule has 0 aromatic heterocycles. The van der Waals surface area contributed by atoms with Gasteiger partial charge in [0.05, 0.1) is 12.6 Å². The molecule has 3 aromatic rings. The summed E-state index contributed by atoms with van der Waals surface area (Å²) < 4.78 is 5.56. The number of hydrogen-bond acceptors (Lipinski definition) is 5. The normalized spacial score (nSPS) is 23.3. The molecule has 0 saturated carbocycles. The van der Waals surface area contributed by atoms with Crippen LogP contribution in [0.5, 0.6) is 0 Å². The maximum absolute atomic E-state index is 14.3. The van der Waals surface area contributed by atoms with Crippen molar-refractivity contribution >= 4 is 40.9 Å². The van der Waals surface area contributed by atoms with E-state index in [1.165, 1.54) is 0 Å². The Balaban J connectivity index is 1.68. The van der Waals surface area contributed by atoms with Crippen LogP contribution in [0.2, 0.25) is 5.02 Å². The van der Waals surface area contributed by atoms with Crippen molar-refractivity contribution in [2.75, 3.05) is 11.5 Å². The molecule has 6 rings (SSSR count). The number of rotatable bonds is 3. The number of ketones is 2. The summed E-state index contributed by atoms with van der Waals surface area (Å²) in [4.78, 5) is 44.2. The SMILES string of the molecule is CCOC(=O)[C@H]1[C@H](c2cccc(Cl)c2)C2(C(=O)c3ccccc3C2=O)[C@@H]2C=Cc3ccccc3N21. The molecule has 174 valence electrons. The summed E-state index contributed by atoms with van der Waals surface area (Å²) in [6.45, 7) is 1.93. The summed E-state index contributed by atoms with van der Waals surface area (Å²) in [5.41, 5.74) is 1.61. The van der Waals surface area contributed by atoms with Crippen LogP contribution in [0.3, 0.4) is 0 Å². The third-order valence-corrected chi connectivity index (χ3v) is 7.68. The van der Waals surface area contributed by atoms with Crippen LogP contribution < -0.4 is 4.90 Å². The van der Waals surface area contributed by atoms with E-state index in [0.717, 1.165) is 11.3 Å². The monoisotopic (exact) mass is 483 g/mol. The second-order valence-electron chi connectivity index (χ2n) is 9.07. The van der Waals surface area contributed by atoms with Crippen LogP contribution in [0.1, 0.15) is 44.7 Å². The molecule has 6 heteroatoms. The van der Waals surface area contributed by atoms with Crippen LogP contribution in [0.25, 0.3) is 6.08 Å². The highest BCUT2D eigenvalue weighted by atomic mass is 35.5. The largest absolute Gasteiger partial charge is 0.464 e. The smallest absolute Gasteiger partial charge is 0.329 e. The molecule has 0 unspecified atom stereocenters. The van der Waals surface area contributed by atoms with Crippen molar-refractivity contribution in [3.8, 4) is 0 Å². The predicted octanol–water partition coefficient (Wildman–Crippen LogP) is 5.34. The summed E-state index contributed by atoms with van der Waals surface area (Å²) in [5.74, 6) is -1.81. The van der Waals surface area contributed by atoms with E-state index in [4.69, 9.17) is 16.3 Å². The van der Waals surface area contributed by atoms with Gasteiger partial charge in [0.2, 0.25) is 0 Å². The predicted molar refractivity (Wildman–Crippen MR) is 134 cm³/mol. The fourth-order valence-electron chi connectivity index (χ4n) is 6.19. The molecule has 3 atom stereocenters. The van der Waals surface area contributed by atoms with Crippen molar-refractivity contribution in [3.63, 3.8) is 0 Å². The first-order chi connectivity index (χ1) is 17.0. The molecular formula is C29H22ClNO4. The number of para-hydroxylation sites is 1. The van der Waals surface area contributed by atoms with Gasteiger partial charge in [-0.1, -0.05) is 78.4 Å². The Labute approximate surface area is 208 Å². The van der Waals surface area contributed by atoms with Crippen molar-refractivity contribution in [1.82, 2.24) is 0 Å². The van der Waals surface area contributed by atoms with Crippen LogP contribution in [0.4, 0.5) is 5.69 Å². The number of nitrogens with zero attached hydrogens (tertiary/aromatic N) is 1. The quantitative estimate of drug-likeness (QED) is 0.372. The fourth-order valence-corrected chi connectivity index (χ4v) is 6.39. The zero-order valence-electron chi connectivity index (χ0n) is 19.0. The Kier molecular flexibility index (Phi) is 4.94. The van der Waals surface area contributed by atoms with E-state index in [9.17, 15) is 14.4 Å². The van der Waals surface area contributed by atoms with Crippen molar-refractivity contribution < 1.29 is 19.1 Å². The fraction of sp³-hybridized carbons (Fsp3) is 0.207. The van der Waals surface area contributed by atoms with Gasteiger partial charge in [-0.25, -0.2) is 4.79 Å². The molecule has 5 nitrogen and oxygen atoms in total. The topological polar surface area (TPSA) is 63.7 Å². The minimum Gasteiger partial charge on any atom is -0.464 e. The summed E-state index contributed by atoms with van der Waals surface area (Å²) in [5, 5.41) is 0.469. The first-order valence-electron chi connectivity index (χ1n) is 11.7. The lowest BCUT2D eigenvalue weighted by atomic mass is 9.65. The average Bonchev–Trinajstić information content (AvgIpc) is 3.31. The molecule has 1 aliphatic carbocycles. The molecule has 2 heterocycles. The van der Waals surface area contributed by atoms with Gasteiger partial charge in [-0.3, -0.25) is 9.59 Å². The lowest BCUT2D eigenvalue weighted by Gasteiger charge is -2.36. The number of carbonyl (C=O) groups excluding carboxylic acids is 3. The van der Waals surface area contributed by atoms with Crippen LogP contribution in [-0.4, -0.2) is 36.2 Å². The molecular weight excluding hydrogens is 462 g/mol. The van der Waals surface area contributed by atoms with Gasteiger partial charge >= 0.3 is 5.97 Å². The van der Waals surface area contributed by atoms with Gasteiger partial charge in [0.25, 0.3) is 0 Å². The lowest BCUT2D eigenvalue weighted by molar-refractivity contribution is -0.145. The lowest BCUT2D eigenvalue weighted by Crippen LogP contribution is -2.48. The van der Waals surface area contributed by atoms with Crippen LogP contribution in [0.15, 0.2) is 78.9 Å². The van der Waals surface area contributed by atoms with E-state index >= 15 is 0 Å². The van der Waals surface area contributed by atoms with E-state index in [1.54, 1.807) is 49.4 Å². The highest BCUT2D eigenvalue weighted by Gasteiger charge is 2.72. The minimum atomic E-state index is -1.53. The van der Waals surface area contributed by atoms with E-state index < -0.39 is 29.4 Å². The van der Waals surface area contributed by atoms with E-state index in [0.29, 0.717) is 21.7 Å². The zero-order chi connectivity index (χ0) is 24.3. The van der Waals surface area contributed by atoms with Gasteiger partial charge in [-0.2, -0.15) is 0 Å². The third-order valence-electron chi connectivity index (χ3n) is 7.45. The number of esters is 1. The number of carbonyl (C=O) groups is 3. The molecule has 0 bridgehead atoms. The molecule has 1 saturated heterocycles. The van der Waals surface area contributed by atoms with Crippen LogP contribution in [-0.2, 0) is 9.53 Å². The average molecular weight is 484 g/mol. The van der Waals surface area contributed by atoms with Crippen molar-refractivity contribution in [2.45, 2.75) is 24.9 Å². The summed E-state index contributed by atoms with van der Waals surface area (Å²) >= 11 is 6.39. The highest BCUT2D eigenvalue weighted by molar-refractivity contribution is 6.32. The maximum Gasteiger partial charge on any atom is 0.329 e. The Morgan fingerprint density at radius 1 is 0.971 bits per heavy atom. The number of halogens is 1. The maximum atomic E-state index is 14.3. The Morgan fingerprint density at radius 3 is 2.34 bits per heavy atom. The number of benzene rings is 3. The van der Waals surface area contributed by atoms with Crippen molar-refractivity contribution in [1.29, 1.82) is 0 Å². The first kappa shape index (κ1) is 21.8. The minimum absolute atomic E-state index is 0.183. The number of fused-ring (bicyclic) bond motifs is 5. The summed E-state index contributed by atoms with van der Waals surface area (Å²) in [7, 11) is 0. The molecule has 1 spiro atoms. The molecule has 0 radical (unpaired) electrons. The van der Waals surface area contributed by atoms with Crippen molar-refractivity contribution in [2.24, 2.45) is 5.41 Å². The van der Waals surface area contributed by atoms with Gasteiger partial charge in [-0.05, 0) is 36.2 Å². The molecule has 35 heavy (non-hydrogen) atoms. The van der Waals surface area contributed by atoms with Crippen LogP contribution >= 0.6 is 11.6 Å². The van der Waals surface area contributed by atoms with Gasteiger partial charge < -0.3 is 9.64 Å². The number of Topliss-reactive ketones (excluding diaryl/α,β-unsaturated/α-hetero) is 2. The molecule has 3 aliphatic rings. The third kappa shape index (κ3) is 2.85. The summed E-state index contributed by atoms with van der Waals surface area (Å²) in [6, 6.07) is 20.2. The highest BCUT2D eigenvalue weighted by Crippen LogP contribution is 2.60. The molecule has 0 N–H and O–H groups in total. The number of anilines is 1. The first-order valence-corrected chi connectivity index (χ1v) is 12.0. The van der Waals surface area contributed by atoms with Gasteiger partial charge in [0.15, 0.2) is 11.6 Å². The second kappa shape index (κ2) is 7.92. The molecule has 1 fully saturated rings. The second-order valence-corrected chi connectivity index (χ2v) is 9.51. The van der Waals surface area contributed by atoms with E-state index in [1.807, 2.05) is 47.4 Å². The Hall–Kier alpha value is -3.70. The Morgan fingerprint density at radius 2 is 1.66 bits per heavy atom. The Bertz CT molecular complexity index is 1390. The molecule has 2 aliphatic heterocycles. The summed E-state index contributed by atoms with van der Waals surface area (Å²) in [6.07, 6.45) is 3.82. The number of ether oxygens (including phenoxy) is 1. The van der Waals surface area contributed by atoms with Crippen LogP contribution in [0, 0.1) is 5.41 Å².